The molecule has 88 valence electrons. The summed E-state index contributed by atoms with van der Waals surface area (Å²) in [6.07, 6.45) is 7.20. The largest absolute Gasteiger partial charge is 0.377 e. The molecular weight excluding hydrogens is 190 g/mol. The van der Waals surface area contributed by atoms with Gasteiger partial charge in [0.25, 0.3) is 0 Å². The summed E-state index contributed by atoms with van der Waals surface area (Å²) in [5.41, 5.74) is 0. The van der Waals surface area contributed by atoms with Crippen molar-refractivity contribution in [2.75, 3.05) is 20.8 Å². The zero-order valence-electron chi connectivity index (χ0n) is 9.87. The molecule has 0 radical (unpaired) electrons. The van der Waals surface area contributed by atoms with E-state index in [0.29, 0.717) is 12.1 Å². The van der Waals surface area contributed by atoms with Crippen molar-refractivity contribution in [3.05, 3.63) is 0 Å². The summed E-state index contributed by atoms with van der Waals surface area (Å²) in [6, 6.07) is 0.489. The number of nitrogens with one attached hydrogen (secondary N) is 1. The van der Waals surface area contributed by atoms with E-state index in [0.717, 1.165) is 18.9 Å². The fraction of sp³-hybridized carbons (Fsp3) is 1.00. The van der Waals surface area contributed by atoms with Crippen LogP contribution >= 0.6 is 0 Å². The normalized spacial score (nSPS) is 36.8. The minimum atomic E-state index is 0.261. The van der Waals surface area contributed by atoms with Crippen LogP contribution in [0.1, 0.15) is 32.1 Å². The van der Waals surface area contributed by atoms with Gasteiger partial charge in [-0.3, -0.25) is 0 Å². The molecule has 3 nitrogen and oxygen atoms in total. The molecule has 0 aromatic heterocycles. The minimum Gasteiger partial charge on any atom is -0.377 e. The Bertz CT molecular complexity index is 192. The fourth-order valence-electron chi connectivity index (χ4n) is 2.78. The summed E-state index contributed by atoms with van der Waals surface area (Å²) in [6.45, 7) is 0.945. The van der Waals surface area contributed by atoms with Gasteiger partial charge in [-0.2, -0.15) is 0 Å². The summed E-state index contributed by atoms with van der Waals surface area (Å²) in [4.78, 5) is 0. The molecule has 2 aliphatic rings. The van der Waals surface area contributed by atoms with Crippen LogP contribution < -0.4 is 5.32 Å². The molecule has 0 spiro atoms. The molecule has 0 aromatic carbocycles. The van der Waals surface area contributed by atoms with Crippen LogP contribution in [0.15, 0.2) is 0 Å². The van der Waals surface area contributed by atoms with Crippen LogP contribution in [0.3, 0.4) is 0 Å². The second-order valence-electron chi connectivity index (χ2n) is 4.85. The molecule has 0 amide bonds. The Labute approximate surface area is 92.5 Å². The van der Waals surface area contributed by atoms with E-state index in [1.807, 2.05) is 7.05 Å². The maximum absolute atomic E-state index is 5.93. The van der Waals surface area contributed by atoms with Crippen molar-refractivity contribution >= 4 is 0 Å². The molecule has 0 aliphatic heterocycles. The highest BCUT2D eigenvalue weighted by molar-refractivity contribution is 4.96. The smallest absolute Gasteiger partial charge is 0.0986 e. The van der Waals surface area contributed by atoms with Crippen molar-refractivity contribution in [3.8, 4) is 0 Å². The van der Waals surface area contributed by atoms with Crippen molar-refractivity contribution in [3.63, 3.8) is 0 Å². The number of rotatable bonds is 5. The lowest BCUT2D eigenvalue weighted by Crippen LogP contribution is -2.59. The van der Waals surface area contributed by atoms with E-state index in [9.17, 15) is 0 Å². The van der Waals surface area contributed by atoms with Gasteiger partial charge in [-0.05, 0) is 32.2 Å². The van der Waals surface area contributed by atoms with E-state index >= 15 is 0 Å². The van der Waals surface area contributed by atoms with Crippen molar-refractivity contribution in [1.82, 2.24) is 5.32 Å². The Morgan fingerprint density at radius 1 is 1.27 bits per heavy atom. The molecular formula is C12H23NO2. The maximum atomic E-state index is 5.93. The average molecular weight is 213 g/mol. The number of hydrogen-bond donors (Lipinski definition) is 1. The zero-order chi connectivity index (χ0) is 10.7. The molecule has 0 aromatic rings. The van der Waals surface area contributed by atoms with Gasteiger partial charge in [-0.1, -0.05) is 12.8 Å². The molecule has 1 N–H and O–H groups in total. The molecule has 3 atom stereocenters. The van der Waals surface area contributed by atoms with E-state index in [-0.39, 0.29) is 6.10 Å². The number of ether oxygens (including phenoxy) is 2. The lowest BCUT2D eigenvalue weighted by molar-refractivity contribution is -0.138. The van der Waals surface area contributed by atoms with Gasteiger partial charge in [0, 0.05) is 19.8 Å². The first kappa shape index (κ1) is 11.4. The van der Waals surface area contributed by atoms with Crippen molar-refractivity contribution in [2.45, 2.75) is 50.4 Å². The van der Waals surface area contributed by atoms with E-state index in [4.69, 9.17) is 9.47 Å². The van der Waals surface area contributed by atoms with Crippen LogP contribution in [0, 0.1) is 5.92 Å². The molecule has 0 heterocycles. The van der Waals surface area contributed by atoms with Crippen LogP contribution in [-0.4, -0.2) is 39.0 Å². The Balaban J connectivity index is 1.67. The molecule has 2 saturated carbocycles. The van der Waals surface area contributed by atoms with Gasteiger partial charge in [0.2, 0.25) is 0 Å². The Kier molecular flexibility index (Phi) is 4.00. The third-order valence-corrected chi connectivity index (χ3v) is 3.91. The van der Waals surface area contributed by atoms with Gasteiger partial charge in [0.1, 0.15) is 0 Å². The topological polar surface area (TPSA) is 30.5 Å². The maximum Gasteiger partial charge on any atom is 0.0986 e. The van der Waals surface area contributed by atoms with Crippen LogP contribution in [0.2, 0.25) is 0 Å². The van der Waals surface area contributed by atoms with Crippen LogP contribution in [0.25, 0.3) is 0 Å². The Morgan fingerprint density at radius 2 is 2.00 bits per heavy atom. The molecule has 2 aliphatic carbocycles. The van der Waals surface area contributed by atoms with Crippen molar-refractivity contribution in [1.29, 1.82) is 0 Å². The third-order valence-electron chi connectivity index (χ3n) is 3.91. The average Bonchev–Trinajstić information content (AvgIpc) is 2.70. The monoisotopic (exact) mass is 213 g/mol. The van der Waals surface area contributed by atoms with E-state index in [1.54, 1.807) is 7.11 Å². The first-order valence-corrected chi connectivity index (χ1v) is 6.16. The third kappa shape index (κ3) is 2.52. The van der Waals surface area contributed by atoms with Gasteiger partial charge >= 0.3 is 0 Å². The van der Waals surface area contributed by atoms with Gasteiger partial charge in [-0.25, -0.2) is 0 Å². The van der Waals surface area contributed by atoms with Gasteiger partial charge in [0.15, 0.2) is 0 Å². The first-order valence-electron chi connectivity index (χ1n) is 6.16. The molecule has 15 heavy (non-hydrogen) atoms. The molecule has 3 unspecified atom stereocenters. The second-order valence-corrected chi connectivity index (χ2v) is 4.85. The van der Waals surface area contributed by atoms with E-state index < -0.39 is 0 Å². The van der Waals surface area contributed by atoms with Gasteiger partial charge in [-0.15, -0.1) is 0 Å². The number of methoxy groups -OCH3 is 1. The molecule has 2 rings (SSSR count). The summed E-state index contributed by atoms with van der Waals surface area (Å²) < 4.78 is 11.4. The fourth-order valence-corrected chi connectivity index (χ4v) is 2.78. The first-order chi connectivity index (χ1) is 7.35. The highest BCUT2D eigenvalue weighted by Crippen LogP contribution is 2.30. The van der Waals surface area contributed by atoms with Crippen LogP contribution in [0.5, 0.6) is 0 Å². The zero-order valence-corrected chi connectivity index (χ0v) is 9.87. The number of hydrogen-bond acceptors (Lipinski definition) is 3. The molecule has 0 bridgehead atoms. The second kappa shape index (κ2) is 5.28. The summed E-state index contributed by atoms with van der Waals surface area (Å²) in [7, 11) is 3.77. The lowest BCUT2D eigenvalue weighted by atomic mass is 9.85. The predicted octanol–water partition coefficient (Wildman–Crippen LogP) is 1.57. The standard InChI is InChI=1S/C12H23NO2/c1-13-10-7-11(12(10)14-2)15-8-9-5-3-4-6-9/h9-13H,3-8H2,1-2H3. The lowest BCUT2D eigenvalue weighted by Gasteiger charge is -2.43. The van der Waals surface area contributed by atoms with Crippen LogP contribution in [0.4, 0.5) is 0 Å². The molecule has 3 heteroatoms. The predicted molar refractivity (Wildman–Crippen MR) is 60.0 cm³/mol. The van der Waals surface area contributed by atoms with Crippen LogP contribution in [-0.2, 0) is 9.47 Å². The van der Waals surface area contributed by atoms with Crippen molar-refractivity contribution < 1.29 is 9.47 Å². The van der Waals surface area contributed by atoms with Crippen molar-refractivity contribution in [2.24, 2.45) is 5.92 Å². The summed E-state index contributed by atoms with van der Waals surface area (Å²) in [5, 5.41) is 3.26. The minimum absolute atomic E-state index is 0.261. The van der Waals surface area contributed by atoms with Gasteiger partial charge < -0.3 is 14.8 Å². The SMILES string of the molecule is CNC1CC(OCC2CCCC2)C1OC. The Morgan fingerprint density at radius 3 is 2.60 bits per heavy atom. The quantitative estimate of drug-likeness (QED) is 0.752. The van der Waals surface area contributed by atoms with Gasteiger partial charge in [0.05, 0.1) is 12.2 Å². The highest BCUT2D eigenvalue weighted by atomic mass is 16.5. The Hall–Kier alpha value is -0.120. The summed E-state index contributed by atoms with van der Waals surface area (Å²) >= 11 is 0. The summed E-state index contributed by atoms with van der Waals surface area (Å²) in [5.74, 6) is 0.816. The molecule has 0 saturated heterocycles. The highest BCUT2D eigenvalue weighted by Gasteiger charge is 2.41. The van der Waals surface area contributed by atoms with E-state index in [1.165, 1.54) is 25.7 Å². The van der Waals surface area contributed by atoms with E-state index in [2.05, 4.69) is 5.32 Å². The molecule has 2 fully saturated rings. The number of likely N-dealkylation sites (N-methyl/N-ethyl adjacent to an activating group) is 1.